The summed E-state index contributed by atoms with van der Waals surface area (Å²) in [6.07, 6.45) is 7.21. The van der Waals surface area contributed by atoms with Gasteiger partial charge in [-0.3, -0.25) is 0 Å². The lowest BCUT2D eigenvalue weighted by Gasteiger charge is -2.57. The molecule has 6 aliphatic rings. The van der Waals surface area contributed by atoms with Gasteiger partial charge in [0, 0.05) is 35.5 Å². The van der Waals surface area contributed by atoms with Crippen LogP contribution in [0.15, 0.2) is 10.5 Å². The summed E-state index contributed by atoms with van der Waals surface area (Å²) in [4.78, 5) is 2.53. The summed E-state index contributed by atoms with van der Waals surface area (Å²) in [6.45, 7) is 4.31. The molecule has 5 heterocycles. The van der Waals surface area contributed by atoms with Gasteiger partial charge in [-0.15, -0.1) is 0 Å². The first-order valence-corrected chi connectivity index (χ1v) is 12.0. The molecule has 2 N–H and O–H groups in total. The molecule has 3 atom stereocenters. The number of aliphatic hydroxyl groups excluding tert-OH is 1. The molecule has 0 unspecified atom stereocenters. The van der Waals surface area contributed by atoms with E-state index in [2.05, 4.69) is 40.7 Å². The lowest BCUT2D eigenvalue weighted by molar-refractivity contribution is -0.120. The van der Waals surface area contributed by atoms with Crippen molar-refractivity contribution in [2.45, 2.75) is 101 Å². The molecule has 0 aromatic heterocycles. The molecule has 5 fully saturated rings. The topological polar surface area (TPSA) is 62.2 Å². The van der Waals surface area contributed by atoms with Crippen molar-refractivity contribution in [1.29, 1.82) is 0 Å². The standard InChI is InChI=1S/C23H30BrNO4/c1-23(2)17-4-3-13(26)9-16(17)20-19(29-23)10-18(21(24)22(20)27)25-11-5-14-7-12(25)8-15(6-11)28-14/h10-17,26-27H,3-9H2,1-2H3/t11?,12?,13-,14?,15?,16+,17+/m0/s1. The first kappa shape index (κ1) is 18.8. The number of piperidine rings is 2. The van der Waals surface area contributed by atoms with Gasteiger partial charge in [0.1, 0.15) is 17.1 Å². The zero-order valence-electron chi connectivity index (χ0n) is 17.1. The highest BCUT2D eigenvalue weighted by Gasteiger charge is 2.51. The van der Waals surface area contributed by atoms with Crippen molar-refractivity contribution in [2.75, 3.05) is 4.90 Å². The fourth-order valence-electron chi connectivity index (χ4n) is 7.15. The van der Waals surface area contributed by atoms with Crippen molar-refractivity contribution in [3.8, 4) is 11.5 Å². The number of ether oxygens (including phenoxy) is 2. The Morgan fingerprint density at radius 1 is 1.07 bits per heavy atom. The third-order valence-electron chi connectivity index (χ3n) is 8.27. The molecule has 5 nitrogen and oxygen atoms in total. The monoisotopic (exact) mass is 463 g/mol. The van der Waals surface area contributed by atoms with Crippen LogP contribution in [0.2, 0.25) is 0 Å². The number of benzene rings is 1. The van der Waals surface area contributed by atoms with Crippen LogP contribution in [0.5, 0.6) is 11.5 Å². The van der Waals surface area contributed by atoms with Crippen molar-refractivity contribution in [2.24, 2.45) is 5.92 Å². The second kappa shape index (κ2) is 6.27. The van der Waals surface area contributed by atoms with Crippen molar-refractivity contribution >= 4 is 21.6 Å². The summed E-state index contributed by atoms with van der Waals surface area (Å²) < 4.78 is 13.4. The lowest BCUT2D eigenvalue weighted by Crippen LogP contribution is -2.62. The molecule has 1 aromatic carbocycles. The van der Waals surface area contributed by atoms with Gasteiger partial charge in [-0.2, -0.15) is 0 Å². The van der Waals surface area contributed by atoms with Crippen molar-refractivity contribution in [3.63, 3.8) is 0 Å². The first-order chi connectivity index (χ1) is 13.8. The van der Waals surface area contributed by atoms with Crippen molar-refractivity contribution in [3.05, 3.63) is 16.1 Å². The molecule has 158 valence electrons. The number of aromatic hydroxyl groups is 1. The second-order valence-electron chi connectivity index (χ2n) is 10.4. The average Bonchev–Trinajstić information content (AvgIpc) is 2.63. The molecule has 4 saturated heterocycles. The van der Waals surface area contributed by atoms with Crippen LogP contribution in [0.25, 0.3) is 0 Å². The van der Waals surface area contributed by atoms with Gasteiger partial charge in [0.05, 0.1) is 28.5 Å². The molecule has 1 saturated carbocycles. The predicted octanol–water partition coefficient (Wildman–Crippen LogP) is 4.47. The zero-order valence-corrected chi connectivity index (χ0v) is 18.7. The van der Waals surface area contributed by atoms with Crippen LogP contribution in [0.1, 0.15) is 70.3 Å². The van der Waals surface area contributed by atoms with Crippen LogP contribution >= 0.6 is 15.9 Å². The summed E-state index contributed by atoms with van der Waals surface area (Å²) in [6, 6.07) is 3.10. The molecule has 6 heteroatoms. The van der Waals surface area contributed by atoms with Crippen LogP contribution in [0.4, 0.5) is 5.69 Å². The van der Waals surface area contributed by atoms with Crippen LogP contribution in [0, 0.1) is 5.92 Å². The van der Waals surface area contributed by atoms with Crippen LogP contribution in [0.3, 0.4) is 0 Å². The van der Waals surface area contributed by atoms with E-state index in [1.54, 1.807) is 0 Å². The number of hydrogen-bond donors (Lipinski definition) is 2. The van der Waals surface area contributed by atoms with E-state index < -0.39 is 0 Å². The Morgan fingerprint density at radius 2 is 1.72 bits per heavy atom. The molecule has 7 rings (SSSR count). The Morgan fingerprint density at radius 3 is 2.38 bits per heavy atom. The maximum absolute atomic E-state index is 11.3. The Hall–Kier alpha value is -0.980. The zero-order chi connectivity index (χ0) is 20.1. The quantitative estimate of drug-likeness (QED) is 0.643. The SMILES string of the molecule is CC1(C)Oc2cc(N3C4CC5CC3CC(C4)O5)c(Br)c(O)c2[C@@H]2C[C@@H](O)CC[C@H]21. The van der Waals surface area contributed by atoms with Gasteiger partial charge >= 0.3 is 0 Å². The van der Waals surface area contributed by atoms with Crippen molar-refractivity contribution in [1.82, 2.24) is 0 Å². The molecule has 4 bridgehead atoms. The normalized spacial score (nSPS) is 41.7. The second-order valence-corrected chi connectivity index (χ2v) is 11.2. The fraction of sp³-hybridized carbons (Fsp3) is 0.739. The third-order valence-corrected chi connectivity index (χ3v) is 9.05. The van der Waals surface area contributed by atoms with Crippen LogP contribution in [-0.2, 0) is 4.74 Å². The minimum atomic E-state index is -0.303. The molecule has 0 spiro atoms. The summed E-state index contributed by atoms with van der Waals surface area (Å²) in [5, 5.41) is 21.7. The van der Waals surface area contributed by atoms with Gasteiger partial charge in [0.2, 0.25) is 0 Å². The van der Waals surface area contributed by atoms with Gasteiger partial charge in [0.25, 0.3) is 0 Å². The van der Waals surface area contributed by atoms with E-state index in [0.717, 1.165) is 60.0 Å². The molecule has 1 aliphatic carbocycles. The minimum Gasteiger partial charge on any atom is -0.506 e. The number of anilines is 1. The van der Waals surface area contributed by atoms with Crippen LogP contribution < -0.4 is 9.64 Å². The molecular weight excluding hydrogens is 434 g/mol. The highest BCUT2D eigenvalue weighted by Crippen LogP contribution is 2.58. The van der Waals surface area contributed by atoms with E-state index in [1.165, 1.54) is 0 Å². The molecule has 1 aromatic rings. The van der Waals surface area contributed by atoms with Gasteiger partial charge in [-0.25, -0.2) is 0 Å². The summed E-state index contributed by atoms with van der Waals surface area (Å²) in [7, 11) is 0. The number of hydrogen-bond acceptors (Lipinski definition) is 5. The average molecular weight is 464 g/mol. The summed E-state index contributed by atoms with van der Waals surface area (Å²) in [5.41, 5.74) is 1.64. The Kier molecular flexibility index (Phi) is 4.06. The number of phenolic OH excluding ortho intramolecular Hbond substituents is 1. The highest BCUT2D eigenvalue weighted by molar-refractivity contribution is 9.10. The maximum Gasteiger partial charge on any atom is 0.139 e. The number of halogens is 1. The smallest absolute Gasteiger partial charge is 0.139 e. The number of nitrogens with zero attached hydrogens (tertiary/aromatic N) is 1. The molecule has 0 amide bonds. The number of fused-ring (bicyclic) bond motifs is 3. The van der Waals surface area contributed by atoms with E-state index in [1.807, 2.05) is 0 Å². The molecular formula is C23H30BrNO4. The maximum atomic E-state index is 11.3. The summed E-state index contributed by atoms with van der Waals surface area (Å²) >= 11 is 3.75. The molecule has 29 heavy (non-hydrogen) atoms. The van der Waals surface area contributed by atoms with E-state index in [4.69, 9.17) is 9.47 Å². The largest absolute Gasteiger partial charge is 0.506 e. The van der Waals surface area contributed by atoms with Crippen LogP contribution in [-0.4, -0.2) is 46.2 Å². The predicted molar refractivity (Wildman–Crippen MR) is 114 cm³/mol. The Balaban J connectivity index is 1.45. The number of aliphatic hydroxyl groups is 1. The summed E-state index contributed by atoms with van der Waals surface area (Å²) in [5.74, 6) is 1.54. The third kappa shape index (κ3) is 2.71. The lowest BCUT2D eigenvalue weighted by atomic mass is 9.66. The number of phenols is 1. The van der Waals surface area contributed by atoms with E-state index >= 15 is 0 Å². The molecule has 0 radical (unpaired) electrons. The van der Waals surface area contributed by atoms with Gasteiger partial charge in [0.15, 0.2) is 0 Å². The van der Waals surface area contributed by atoms with E-state index in [-0.39, 0.29) is 17.6 Å². The Labute approximate surface area is 180 Å². The fourth-order valence-corrected chi connectivity index (χ4v) is 7.68. The number of rotatable bonds is 1. The highest BCUT2D eigenvalue weighted by atomic mass is 79.9. The van der Waals surface area contributed by atoms with Gasteiger partial charge in [-0.1, -0.05) is 0 Å². The van der Waals surface area contributed by atoms with E-state index in [9.17, 15) is 10.2 Å². The Bertz CT molecular complexity index is 828. The van der Waals surface area contributed by atoms with Crippen molar-refractivity contribution < 1.29 is 19.7 Å². The minimum absolute atomic E-state index is 0.129. The van der Waals surface area contributed by atoms with Gasteiger partial charge < -0.3 is 24.6 Å². The first-order valence-electron chi connectivity index (χ1n) is 11.2. The van der Waals surface area contributed by atoms with Gasteiger partial charge in [-0.05, 0) is 74.7 Å². The molecule has 5 aliphatic heterocycles. The van der Waals surface area contributed by atoms with E-state index in [0.29, 0.717) is 42.4 Å².